The van der Waals surface area contributed by atoms with Gasteiger partial charge in [-0.2, -0.15) is 0 Å². The maximum absolute atomic E-state index is 4.72. The molecule has 0 aliphatic heterocycles. The summed E-state index contributed by atoms with van der Waals surface area (Å²) in [6.07, 6.45) is 3.52. The number of hydrogen-bond acceptors (Lipinski definition) is 3. The van der Waals surface area contributed by atoms with Crippen LogP contribution in [0, 0.1) is 0 Å². The molecule has 1 aliphatic carbocycles. The van der Waals surface area contributed by atoms with Gasteiger partial charge < -0.3 is 5.32 Å². The summed E-state index contributed by atoms with van der Waals surface area (Å²) in [5.41, 5.74) is 3.54. The molecule has 3 heteroatoms. The van der Waals surface area contributed by atoms with Crippen molar-refractivity contribution >= 4 is 5.82 Å². The summed E-state index contributed by atoms with van der Waals surface area (Å²) in [6.45, 7) is 2.17. The van der Waals surface area contributed by atoms with Crippen molar-refractivity contribution in [3.8, 4) is 11.3 Å². The van der Waals surface area contributed by atoms with Gasteiger partial charge in [-0.1, -0.05) is 31.2 Å². The van der Waals surface area contributed by atoms with Crippen molar-refractivity contribution in [2.45, 2.75) is 32.1 Å². The molecule has 0 radical (unpaired) electrons. The van der Waals surface area contributed by atoms with Crippen molar-refractivity contribution in [3.63, 3.8) is 0 Å². The second kappa shape index (κ2) is 5.00. The number of aryl methyl sites for hydroxylation is 1. The second-order valence-corrected chi connectivity index (χ2v) is 5.07. The van der Waals surface area contributed by atoms with Crippen molar-refractivity contribution in [2.75, 3.05) is 12.4 Å². The molecule has 0 saturated heterocycles. The SMILES string of the molecule is CCc1ccc(-c2cc(NC)nc(C3CC3)n2)cc1. The highest BCUT2D eigenvalue weighted by molar-refractivity contribution is 5.63. The van der Waals surface area contributed by atoms with E-state index in [9.17, 15) is 0 Å². The maximum atomic E-state index is 4.72. The lowest BCUT2D eigenvalue weighted by Crippen LogP contribution is -2.00. The Kier molecular flexibility index (Phi) is 3.20. The van der Waals surface area contributed by atoms with Crippen LogP contribution < -0.4 is 5.32 Å². The molecule has 1 N–H and O–H groups in total. The quantitative estimate of drug-likeness (QED) is 0.904. The van der Waals surface area contributed by atoms with Crippen LogP contribution >= 0.6 is 0 Å². The Morgan fingerprint density at radius 2 is 1.89 bits per heavy atom. The Morgan fingerprint density at radius 1 is 1.16 bits per heavy atom. The van der Waals surface area contributed by atoms with Crippen LogP contribution in [0.4, 0.5) is 5.82 Å². The van der Waals surface area contributed by atoms with Gasteiger partial charge in [0.05, 0.1) is 5.69 Å². The zero-order valence-electron chi connectivity index (χ0n) is 11.5. The lowest BCUT2D eigenvalue weighted by atomic mass is 10.1. The van der Waals surface area contributed by atoms with Crippen molar-refractivity contribution in [1.82, 2.24) is 9.97 Å². The van der Waals surface area contributed by atoms with E-state index in [1.54, 1.807) is 0 Å². The molecule has 1 aromatic heterocycles. The van der Waals surface area contributed by atoms with Gasteiger partial charge in [-0.15, -0.1) is 0 Å². The van der Waals surface area contributed by atoms with Crippen molar-refractivity contribution in [3.05, 3.63) is 41.7 Å². The third-order valence-corrected chi connectivity index (χ3v) is 3.60. The smallest absolute Gasteiger partial charge is 0.134 e. The number of aromatic nitrogens is 2. The lowest BCUT2D eigenvalue weighted by molar-refractivity contribution is 0.932. The molecule has 19 heavy (non-hydrogen) atoms. The number of benzene rings is 1. The van der Waals surface area contributed by atoms with Gasteiger partial charge in [-0.25, -0.2) is 9.97 Å². The van der Waals surface area contributed by atoms with E-state index in [0.29, 0.717) is 5.92 Å². The van der Waals surface area contributed by atoms with E-state index in [0.717, 1.165) is 29.3 Å². The van der Waals surface area contributed by atoms with Gasteiger partial charge in [0, 0.05) is 24.6 Å². The maximum Gasteiger partial charge on any atom is 0.134 e. The van der Waals surface area contributed by atoms with E-state index >= 15 is 0 Å². The first-order valence-corrected chi connectivity index (χ1v) is 6.96. The molecule has 1 aliphatic rings. The summed E-state index contributed by atoms with van der Waals surface area (Å²) >= 11 is 0. The Bertz CT molecular complexity index is 571. The first-order valence-electron chi connectivity index (χ1n) is 6.96. The van der Waals surface area contributed by atoms with Crippen LogP contribution in [0.25, 0.3) is 11.3 Å². The average molecular weight is 253 g/mol. The van der Waals surface area contributed by atoms with Gasteiger partial charge in [0.2, 0.25) is 0 Å². The molecule has 0 spiro atoms. The van der Waals surface area contributed by atoms with E-state index in [2.05, 4.69) is 41.5 Å². The standard InChI is InChI=1S/C16H19N3/c1-3-11-4-6-12(7-5-11)14-10-15(17-2)19-16(18-14)13-8-9-13/h4-7,10,13H,3,8-9H2,1-2H3,(H,17,18,19). The van der Waals surface area contributed by atoms with Crippen LogP contribution in [0.1, 0.15) is 37.1 Å². The largest absolute Gasteiger partial charge is 0.373 e. The highest BCUT2D eigenvalue weighted by atomic mass is 15.0. The third-order valence-electron chi connectivity index (χ3n) is 3.60. The molecule has 1 fully saturated rings. The van der Waals surface area contributed by atoms with E-state index < -0.39 is 0 Å². The van der Waals surface area contributed by atoms with Gasteiger partial charge in [0.15, 0.2) is 0 Å². The van der Waals surface area contributed by atoms with Gasteiger partial charge in [-0.05, 0) is 24.8 Å². The Morgan fingerprint density at radius 3 is 2.47 bits per heavy atom. The Balaban J connectivity index is 1.99. The first-order chi connectivity index (χ1) is 9.30. The van der Waals surface area contributed by atoms with Crippen molar-refractivity contribution < 1.29 is 0 Å². The number of nitrogens with one attached hydrogen (secondary N) is 1. The molecule has 0 amide bonds. The summed E-state index contributed by atoms with van der Waals surface area (Å²) in [5, 5.41) is 3.13. The zero-order chi connectivity index (χ0) is 13.2. The predicted octanol–water partition coefficient (Wildman–Crippen LogP) is 3.63. The van der Waals surface area contributed by atoms with Gasteiger partial charge in [0.25, 0.3) is 0 Å². The minimum atomic E-state index is 0.571. The zero-order valence-corrected chi connectivity index (χ0v) is 11.5. The lowest BCUT2D eigenvalue weighted by Gasteiger charge is -2.08. The van der Waals surface area contributed by atoms with Crippen LogP contribution in [0.3, 0.4) is 0 Å². The van der Waals surface area contributed by atoms with Gasteiger partial charge in [-0.3, -0.25) is 0 Å². The Hall–Kier alpha value is -1.90. The molecule has 1 aromatic carbocycles. The van der Waals surface area contributed by atoms with Gasteiger partial charge >= 0.3 is 0 Å². The molecule has 1 heterocycles. The fourth-order valence-electron chi connectivity index (χ4n) is 2.18. The van der Waals surface area contributed by atoms with E-state index in [1.165, 1.54) is 18.4 Å². The first kappa shape index (κ1) is 12.2. The molecule has 1 saturated carbocycles. The van der Waals surface area contributed by atoms with Crippen LogP contribution in [0.15, 0.2) is 30.3 Å². The Labute approximate surface area is 114 Å². The van der Waals surface area contributed by atoms with E-state index in [1.807, 2.05) is 13.1 Å². The number of hydrogen-bond donors (Lipinski definition) is 1. The van der Waals surface area contributed by atoms with Crippen LogP contribution in [0.2, 0.25) is 0 Å². The monoisotopic (exact) mass is 253 g/mol. The highest BCUT2D eigenvalue weighted by Gasteiger charge is 2.27. The van der Waals surface area contributed by atoms with Crippen LogP contribution in [0.5, 0.6) is 0 Å². The minimum absolute atomic E-state index is 0.571. The van der Waals surface area contributed by atoms with Gasteiger partial charge in [0.1, 0.15) is 11.6 Å². The van der Waals surface area contributed by atoms with Crippen molar-refractivity contribution in [1.29, 1.82) is 0 Å². The topological polar surface area (TPSA) is 37.8 Å². The number of nitrogens with zero attached hydrogens (tertiary/aromatic N) is 2. The second-order valence-electron chi connectivity index (χ2n) is 5.07. The van der Waals surface area contributed by atoms with E-state index in [4.69, 9.17) is 4.98 Å². The summed E-state index contributed by atoms with van der Waals surface area (Å²) < 4.78 is 0. The fourth-order valence-corrected chi connectivity index (χ4v) is 2.18. The molecule has 0 unspecified atom stereocenters. The molecule has 3 nitrogen and oxygen atoms in total. The molecular formula is C16H19N3. The van der Waals surface area contributed by atoms with Crippen LogP contribution in [-0.2, 0) is 6.42 Å². The summed E-state index contributed by atoms with van der Waals surface area (Å²) in [5.74, 6) is 2.47. The average Bonchev–Trinajstić information content (AvgIpc) is 3.31. The van der Waals surface area contributed by atoms with Crippen LogP contribution in [-0.4, -0.2) is 17.0 Å². The highest BCUT2D eigenvalue weighted by Crippen LogP contribution is 2.39. The number of rotatable bonds is 4. The molecule has 2 aromatic rings. The molecule has 3 rings (SSSR count). The molecule has 0 atom stereocenters. The molecular weight excluding hydrogens is 234 g/mol. The predicted molar refractivity (Wildman–Crippen MR) is 78.4 cm³/mol. The van der Waals surface area contributed by atoms with E-state index in [-0.39, 0.29) is 0 Å². The minimum Gasteiger partial charge on any atom is -0.373 e. The fraction of sp³-hybridized carbons (Fsp3) is 0.375. The summed E-state index contributed by atoms with van der Waals surface area (Å²) in [7, 11) is 1.91. The third kappa shape index (κ3) is 2.60. The summed E-state index contributed by atoms with van der Waals surface area (Å²) in [6, 6.07) is 10.7. The normalized spacial score (nSPS) is 14.4. The van der Waals surface area contributed by atoms with Crippen molar-refractivity contribution in [2.24, 2.45) is 0 Å². The molecule has 98 valence electrons. The molecule has 0 bridgehead atoms. The summed E-state index contributed by atoms with van der Waals surface area (Å²) in [4.78, 5) is 9.27. The number of anilines is 1.